The largest absolute Gasteiger partial charge is 0.393 e. The molecule has 1 saturated heterocycles. The maximum atomic E-state index is 11.9. The fourth-order valence-electron chi connectivity index (χ4n) is 2.38. The molecule has 1 aliphatic rings. The molecule has 1 heterocycles. The molecule has 1 fully saturated rings. The van der Waals surface area contributed by atoms with E-state index in [-0.39, 0.29) is 29.6 Å². The maximum absolute atomic E-state index is 11.9. The average molecular weight is 258 g/mol. The summed E-state index contributed by atoms with van der Waals surface area (Å²) in [6, 6.07) is 0. The first-order valence-corrected chi connectivity index (χ1v) is 6.65. The number of amides is 1. The van der Waals surface area contributed by atoms with Crippen LogP contribution in [0.5, 0.6) is 0 Å². The highest BCUT2D eigenvalue weighted by atomic mass is 16.5. The molecule has 0 radical (unpaired) electrons. The van der Waals surface area contributed by atoms with E-state index >= 15 is 0 Å². The van der Waals surface area contributed by atoms with Crippen LogP contribution in [0.4, 0.5) is 0 Å². The Hall–Kier alpha value is -0.650. The molecule has 4 N–H and O–H groups in total. The van der Waals surface area contributed by atoms with Gasteiger partial charge in [0.05, 0.1) is 12.2 Å². The normalized spacial score (nSPS) is 26.1. The van der Waals surface area contributed by atoms with Crippen LogP contribution in [0.1, 0.15) is 40.0 Å². The fraction of sp³-hybridized carbons (Fsp3) is 0.923. The Morgan fingerprint density at radius 2 is 2.22 bits per heavy atom. The van der Waals surface area contributed by atoms with Gasteiger partial charge in [-0.05, 0) is 31.6 Å². The summed E-state index contributed by atoms with van der Waals surface area (Å²) in [7, 11) is 0. The first-order valence-electron chi connectivity index (χ1n) is 6.65. The summed E-state index contributed by atoms with van der Waals surface area (Å²) in [5.41, 5.74) is 5.39. The van der Waals surface area contributed by atoms with Crippen LogP contribution < -0.4 is 11.1 Å². The highest BCUT2D eigenvalue weighted by molar-refractivity contribution is 5.81. The molecule has 1 amide bonds. The van der Waals surface area contributed by atoms with Gasteiger partial charge < -0.3 is 20.9 Å². The smallest absolute Gasteiger partial charge is 0.249 e. The van der Waals surface area contributed by atoms with E-state index in [0.717, 1.165) is 12.8 Å². The Kier molecular flexibility index (Phi) is 5.56. The Balaban J connectivity index is 2.33. The number of aliphatic hydroxyl groups excluding tert-OH is 1. The molecule has 0 aromatic heterocycles. The van der Waals surface area contributed by atoms with Crippen molar-refractivity contribution in [2.75, 3.05) is 13.1 Å². The predicted molar refractivity (Wildman–Crippen MR) is 70.0 cm³/mol. The summed E-state index contributed by atoms with van der Waals surface area (Å²) >= 11 is 0. The second-order valence-corrected chi connectivity index (χ2v) is 5.99. The lowest BCUT2D eigenvalue weighted by Gasteiger charge is -2.27. The Labute approximate surface area is 109 Å². The monoisotopic (exact) mass is 258 g/mol. The van der Waals surface area contributed by atoms with E-state index < -0.39 is 0 Å². The zero-order valence-corrected chi connectivity index (χ0v) is 11.6. The molecule has 106 valence electrons. The third-order valence-corrected chi connectivity index (χ3v) is 3.25. The summed E-state index contributed by atoms with van der Waals surface area (Å²) < 4.78 is 5.53. The second kappa shape index (κ2) is 6.50. The minimum Gasteiger partial charge on any atom is -0.393 e. The molecule has 5 heteroatoms. The number of ether oxygens (including phenoxy) is 1. The predicted octanol–water partition coefficient (Wildman–Crippen LogP) is 0.406. The minimum absolute atomic E-state index is 0.0197. The minimum atomic E-state index is -0.360. The summed E-state index contributed by atoms with van der Waals surface area (Å²) in [4.78, 5) is 11.9. The van der Waals surface area contributed by atoms with Crippen LogP contribution in [-0.4, -0.2) is 42.4 Å². The maximum Gasteiger partial charge on any atom is 0.249 e. The Morgan fingerprint density at radius 1 is 1.56 bits per heavy atom. The first kappa shape index (κ1) is 15.4. The number of rotatable bonds is 6. The van der Waals surface area contributed by atoms with Gasteiger partial charge in [-0.3, -0.25) is 4.79 Å². The molecule has 0 saturated carbocycles. The Morgan fingerprint density at radius 3 is 2.72 bits per heavy atom. The van der Waals surface area contributed by atoms with Gasteiger partial charge in [-0.25, -0.2) is 0 Å². The average Bonchev–Trinajstić information content (AvgIpc) is 2.72. The van der Waals surface area contributed by atoms with Crippen molar-refractivity contribution in [2.45, 2.75) is 58.3 Å². The van der Waals surface area contributed by atoms with Crippen LogP contribution in [0.3, 0.4) is 0 Å². The fourth-order valence-corrected chi connectivity index (χ4v) is 2.38. The van der Waals surface area contributed by atoms with Crippen molar-refractivity contribution in [2.24, 2.45) is 11.1 Å². The van der Waals surface area contributed by atoms with Crippen molar-refractivity contribution in [1.29, 1.82) is 0 Å². The van der Waals surface area contributed by atoms with Gasteiger partial charge in [0.1, 0.15) is 6.10 Å². The number of aliphatic hydroxyl groups is 1. The van der Waals surface area contributed by atoms with E-state index in [1.807, 2.05) is 13.8 Å². The zero-order chi connectivity index (χ0) is 13.8. The molecule has 1 unspecified atom stereocenters. The first-order chi connectivity index (χ1) is 8.34. The summed E-state index contributed by atoms with van der Waals surface area (Å²) in [6.07, 6.45) is 1.55. The van der Waals surface area contributed by atoms with E-state index in [1.54, 1.807) is 6.92 Å². The van der Waals surface area contributed by atoms with Crippen molar-refractivity contribution >= 4 is 5.91 Å². The molecule has 1 rings (SSSR count). The van der Waals surface area contributed by atoms with Gasteiger partial charge in [-0.15, -0.1) is 0 Å². The topological polar surface area (TPSA) is 84.6 Å². The number of nitrogens with one attached hydrogen (secondary N) is 1. The second-order valence-electron chi connectivity index (χ2n) is 5.99. The van der Waals surface area contributed by atoms with Gasteiger partial charge in [0.15, 0.2) is 0 Å². The lowest BCUT2D eigenvalue weighted by atomic mass is 9.87. The van der Waals surface area contributed by atoms with Gasteiger partial charge in [-0.2, -0.15) is 0 Å². The number of nitrogens with two attached hydrogens (primary N) is 1. The molecule has 1 aliphatic heterocycles. The third kappa shape index (κ3) is 4.92. The van der Waals surface area contributed by atoms with E-state index in [4.69, 9.17) is 10.5 Å². The van der Waals surface area contributed by atoms with E-state index in [0.29, 0.717) is 19.5 Å². The Bertz CT molecular complexity index is 279. The molecule has 0 bridgehead atoms. The lowest BCUT2D eigenvalue weighted by molar-refractivity contribution is -0.132. The van der Waals surface area contributed by atoms with Crippen LogP contribution >= 0.6 is 0 Å². The molecular formula is C13H26N2O3. The number of carbonyl (C=O) groups is 1. The van der Waals surface area contributed by atoms with Crippen molar-refractivity contribution in [3.05, 3.63) is 0 Å². The van der Waals surface area contributed by atoms with Gasteiger partial charge in [0.25, 0.3) is 0 Å². The van der Waals surface area contributed by atoms with E-state index in [9.17, 15) is 9.90 Å². The van der Waals surface area contributed by atoms with E-state index in [2.05, 4.69) is 5.32 Å². The van der Waals surface area contributed by atoms with Crippen LogP contribution in [0, 0.1) is 5.41 Å². The highest BCUT2D eigenvalue weighted by Gasteiger charge is 2.30. The standard InChI is InChI=1S/C13H26N2O3/c1-9(16)6-13(2,3)8-15-12(17)11-5-4-10(7-14)18-11/h9-11,16H,4-8,14H2,1-3H3,(H,15,17)/t9?,10-,11+/m1/s1. The highest BCUT2D eigenvalue weighted by Crippen LogP contribution is 2.22. The van der Waals surface area contributed by atoms with Gasteiger partial charge in [-0.1, -0.05) is 13.8 Å². The molecule has 0 aromatic carbocycles. The summed E-state index contributed by atoms with van der Waals surface area (Å²) in [5, 5.41) is 12.3. The van der Waals surface area contributed by atoms with Crippen molar-refractivity contribution in [3.63, 3.8) is 0 Å². The lowest BCUT2D eigenvalue weighted by Crippen LogP contribution is -2.41. The van der Waals surface area contributed by atoms with Gasteiger partial charge in [0.2, 0.25) is 5.91 Å². The number of carbonyl (C=O) groups excluding carboxylic acids is 1. The molecular weight excluding hydrogens is 232 g/mol. The van der Waals surface area contributed by atoms with E-state index in [1.165, 1.54) is 0 Å². The molecule has 0 spiro atoms. The molecule has 3 atom stereocenters. The zero-order valence-electron chi connectivity index (χ0n) is 11.6. The van der Waals surface area contributed by atoms with Crippen LogP contribution in [0.15, 0.2) is 0 Å². The number of hydrogen-bond donors (Lipinski definition) is 3. The van der Waals surface area contributed by atoms with Gasteiger partial charge >= 0.3 is 0 Å². The number of hydrogen-bond acceptors (Lipinski definition) is 4. The van der Waals surface area contributed by atoms with Crippen molar-refractivity contribution < 1.29 is 14.6 Å². The SMILES string of the molecule is CC(O)CC(C)(C)CNC(=O)[C@@H]1CC[C@H](CN)O1. The summed E-state index contributed by atoms with van der Waals surface area (Å²) in [5.74, 6) is -0.0652. The van der Waals surface area contributed by atoms with Gasteiger partial charge in [0, 0.05) is 13.1 Å². The van der Waals surface area contributed by atoms with Crippen LogP contribution in [0.2, 0.25) is 0 Å². The van der Waals surface area contributed by atoms with Crippen molar-refractivity contribution in [3.8, 4) is 0 Å². The van der Waals surface area contributed by atoms with Crippen LogP contribution in [-0.2, 0) is 9.53 Å². The molecule has 18 heavy (non-hydrogen) atoms. The molecule has 5 nitrogen and oxygen atoms in total. The molecule has 0 aliphatic carbocycles. The quantitative estimate of drug-likeness (QED) is 0.644. The van der Waals surface area contributed by atoms with Crippen molar-refractivity contribution in [1.82, 2.24) is 5.32 Å². The van der Waals surface area contributed by atoms with Crippen LogP contribution in [0.25, 0.3) is 0 Å². The third-order valence-electron chi connectivity index (χ3n) is 3.25. The molecule has 0 aromatic rings. The summed E-state index contributed by atoms with van der Waals surface area (Å²) in [6.45, 7) is 6.83.